The van der Waals surface area contributed by atoms with Gasteiger partial charge >= 0.3 is 0 Å². The third-order valence-corrected chi connectivity index (χ3v) is 4.27. The van der Waals surface area contributed by atoms with Gasteiger partial charge in [-0.05, 0) is 39.7 Å². The van der Waals surface area contributed by atoms with Crippen molar-refractivity contribution in [2.45, 2.75) is 0 Å². The zero-order valence-corrected chi connectivity index (χ0v) is 14.5. The monoisotopic (exact) mass is 404 g/mol. The molecule has 0 unspecified atom stereocenters. The highest BCUT2D eigenvalue weighted by molar-refractivity contribution is 9.10. The maximum Gasteiger partial charge on any atom is 0.269 e. The van der Waals surface area contributed by atoms with E-state index in [2.05, 4.69) is 26.1 Å². The van der Waals surface area contributed by atoms with E-state index < -0.39 is 0 Å². The number of hydrogen-bond donors (Lipinski definition) is 0. The molecule has 0 fully saturated rings. The summed E-state index contributed by atoms with van der Waals surface area (Å²) in [5.74, 6) is 2.09. The van der Waals surface area contributed by atoms with E-state index in [0.717, 1.165) is 15.6 Å². The summed E-state index contributed by atoms with van der Waals surface area (Å²) in [6.45, 7) is 0.207. The van der Waals surface area contributed by atoms with Crippen molar-refractivity contribution in [3.05, 3.63) is 58.4 Å². The molecule has 2 heterocycles. The molecule has 0 saturated carbocycles. The van der Waals surface area contributed by atoms with Crippen LogP contribution in [-0.4, -0.2) is 16.9 Å². The van der Waals surface area contributed by atoms with Crippen LogP contribution in [-0.2, 0) is 0 Å². The van der Waals surface area contributed by atoms with Crippen LogP contribution in [0.1, 0.15) is 11.5 Å². The summed E-state index contributed by atoms with van der Waals surface area (Å²) in [5, 5.41) is 4.30. The lowest BCUT2D eigenvalue weighted by atomic mass is 10.2. The molecule has 4 rings (SSSR count). The smallest absolute Gasteiger partial charge is 0.269 e. The number of nitrogens with zero attached hydrogens (tertiary/aromatic N) is 2. The second-order valence-electron chi connectivity index (χ2n) is 5.02. The molecule has 7 heteroatoms. The van der Waals surface area contributed by atoms with Gasteiger partial charge in [0.25, 0.3) is 5.89 Å². The summed E-state index contributed by atoms with van der Waals surface area (Å²) in [7, 11) is 0. The van der Waals surface area contributed by atoms with Crippen molar-refractivity contribution in [1.29, 1.82) is 0 Å². The molecular weight excluding hydrogens is 396 g/mol. The molecule has 0 amide bonds. The van der Waals surface area contributed by atoms with Gasteiger partial charge in [-0.3, -0.25) is 0 Å². The Balaban J connectivity index is 1.64. The van der Waals surface area contributed by atoms with Crippen molar-refractivity contribution in [2.75, 3.05) is 6.79 Å². The number of ether oxygens (including phenoxy) is 2. The summed E-state index contributed by atoms with van der Waals surface area (Å²) >= 11 is 9.77. The Bertz CT molecular complexity index is 925. The van der Waals surface area contributed by atoms with Crippen molar-refractivity contribution in [2.24, 2.45) is 0 Å². The average Bonchev–Trinajstić information content (AvgIpc) is 3.25. The Kier molecular flexibility index (Phi) is 4.00. The highest BCUT2D eigenvalue weighted by Gasteiger charge is 2.18. The molecule has 120 valence electrons. The van der Waals surface area contributed by atoms with Crippen molar-refractivity contribution in [1.82, 2.24) is 10.1 Å². The quantitative estimate of drug-likeness (QED) is 0.616. The molecule has 0 atom stereocenters. The molecule has 2 aromatic carbocycles. The molecule has 1 aromatic heterocycles. The lowest BCUT2D eigenvalue weighted by molar-refractivity contribution is 0.173. The van der Waals surface area contributed by atoms with E-state index >= 15 is 0 Å². The maximum atomic E-state index is 6.32. The van der Waals surface area contributed by atoms with E-state index in [4.69, 9.17) is 25.6 Å². The summed E-state index contributed by atoms with van der Waals surface area (Å²) < 4.78 is 16.8. The first kappa shape index (κ1) is 15.2. The van der Waals surface area contributed by atoms with Crippen LogP contribution in [0.15, 0.2) is 51.5 Å². The molecule has 0 aliphatic carbocycles. The molecule has 0 saturated heterocycles. The highest BCUT2D eigenvalue weighted by atomic mass is 79.9. The Morgan fingerprint density at radius 2 is 2.00 bits per heavy atom. The van der Waals surface area contributed by atoms with E-state index in [-0.39, 0.29) is 12.7 Å². The fraction of sp³-hybridized carbons (Fsp3) is 0.0588. The minimum Gasteiger partial charge on any atom is -0.454 e. The van der Waals surface area contributed by atoms with Gasteiger partial charge in [0.15, 0.2) is 11.5 Å². The Hall–Kier alpha value is -2.31. The van der Waals surface area contributed by atoms with E-state index in [9.17, 15) is 0 Å². The van der Waals surface area contributed by atoms with Gasteiger partial charge in [0, 0.05) is 5.56 Å². The van der Waals surface area contributed by atoms with Crippen LogP contribution in [0.2, 0.25) is 0 Å². The van der Waals surface area contributed by atoms with Gasteiger partial charge in [-0.25, -0.2) is 0 Å². The topological polar surface area (TPSA) is 57.4 Å². The van der Waals surface area contributed by atoms with Gasteiger partial charge in [-0.1, -0.05) is 47.1 Å². The molecule has 1 aliphatic rings. The number of rotatable bonds is 3. The van der Waals surface area contributed by atoms with E-state index in [1.54, 1.807) is 6.08 Å². The highest BCUT2D eigenvalue weighted by Crippen LogP contribution is 2.40. The minimum atomic E-state index is 0.207. The van der Waals surface area contributed by atoms with Crippen molar-refractivity contribution < 1.29 is 14.0 Å². The fourth-order valence-corrected chi connectivity index (χ4v) is 3.08. The second-order valence-corrected chi connectivity index (χ2v) is 6.28. The number of benzene rings is 2. The molecular formula is C17H10BrClN2O3. The zero-order valence-electron chi connectivity index (χ0n) is 12.2. The van der Waals surface area contributed by atoms with Crippen LogP contribution in [0.25, 0.3) is 22.5 Å². The van der Waals surface area contributed by atoms with Crippen molar-refractivity contribution in [3.8, 4) is 22.9 Å². The van der Waals surface area contributed by atoms with Gasteiger partial charge < -0.3 is 14.0 Å². The van der Waals surface area contributed by atoms with Gasteiger partial charge in [0.2, 0.25) is 12.6 Å². The molecule has 0 spiro atoms. The first-order valence-corrected chi connectivity index (χ1v) is 8.23. The van der Waals surface area contributed by atoms with Crippen LogP contribution in [0.3, 0.4) is 0 Å². The lowest BCUT2D eigenvalue weighted by Crippen LogP contribution is -1.93. The second kappa shape index (κ2) is 6.30. The van der Waals surface area contributed by atoms with E-state index in [0.29, 0.717) is 22.4 Å². The Labute approximate surface area is 151 Å². The lowest BCUT2D eigenvalue weighted by Gasteiger charge is -2.01. The number of aromatic nitrogens is 2. The predicted octanol–water partition coefficient (Wildman–Crippen LogP) is 4.96. The molecule has 1 aliphatic heterocycles. The zero-order chi connectivity index (χ0) is 16.5. The van der Waals surface area contributed by atoms with E-state index in [1.165, 1.54) is 0 Å². The summed E-state index contributed by atoms with van der Waals surface area (Å²) in [4.78, 5) is 4.33. The number of halogens is 2. The third kappa shape index (κ3) is 2.90. The van der Waals surface area contributed by atoms with Gasteiger partial charge in [0.1, 0.15) is 5.03 Å². The van der Waals surface area contributed by atoms with Gasteiger partial charge in [0.05, 0.1) is 4.47 Å². The average molecular weight is 406 g/mol. The standard InChI is InChI=1S/C17H10BrClN2O3/c18-12-6-10(8-14-15(12)23-9-22-14)7-13(19)17-20-16(21-24-17)11-4-2-1-3-5-11/h1-8H,9H2/b13-7-. The molecule has 24 heavy (non-hydrogen) atoms. The van der Waals surface area contributed by atoms with Crippen LogP contribution in [0.4, 0.5) is 0 Å². The van der Waals surface area contributed by atoms with E-state index in [1.807, 2.05) is 42.5 Å². The fourth-order valence-electron chi connectivity index (χ4n) is 2.30. The first-order valence-electron chi connectivity index (χ1n) is 7.06. The predicted molar refractivity (Wildman–Crippen MR) is 93.7 cm³/mol. The number of hydrogen-bond acceptors (Lipinski definition) is 5. The minimum absolute atomic E-state index is 0.207. The first-order chi connectivity index (χ1) is 11.7. The molecule has 0 bridgehead atoms. The van der Waals surface area contributed by atoms with Crippen LogP contribution < -0.4 is 9.47 Å². The Morgan fingerprint density at radius 3 is 2.83 bits per heavy atom. The van der Waals surface area contributed by atoms with Gasteiger partial charge in [-0.15, -0.1) is 0 Å². The van der Waals surface area contributed by atoms with Crippen LogP contribution in [0.5, 0.6) is 11.5 Å². The van der Waals surface area contributed by atoms with Crippen LogP contribution in [0, 0.1) is 0 Å². The van der Waals surface area contributed by atoms with Crippen LogP contribution >= 0.6 is 27.5 Å². The molecule has 0 N–H and O–H groups in total. The Morgan fingerprint density at radius 1 is 1.17 bits per heavy atom. The summed E-state index contributed by atoms with van der Waals surface area (Å²) in [6, 6.07) is 13.3. The van der Waals surface area contributed by atoms with Crippen molar-refractivity contribution in [3.63, 3.8) is 0 Å². The SMILES string of the molecule is Cl/C(=C\c1cc(Br)c2c(c1)OCO2)c1nc(-c2ccccc2)no1. The normalized spacial score (nSPS) is 13.3. The maximum absolute atomic E-state index is 6.32. The third-order valence-electron chi connectivity index (χ3n) is 3.41. The summed E-state index contributed by atoms with van der Waals surface area (Å²) in [6.07, 6.45) is 1.73. The largest absolute Gasteiger partial charge is 0.454 e. The summed E-state index contributed by atoms with van der Waals surface area (Å²) in [5.41, 5.74) is 1.69. The molecule has 0 radical (unpaired) electrons. The van der Waals surface area contributed by atoms with Gasteiger partial charge in [-0.2, -0.15) is 4.98 Å². The van der Waals surface area contributed by atoms with Crippen molar-refractivity contribution >= 4 is 38.6 Å². The molecule has 3 aromatic rings. The molecule has 5 nitrogen and oxygen atoms in total. The number of fused-ring (bicyclic) bond motifs is 1.